The van der Waals surface area contributed by atoms with E-state index in [9.17, 15) is 0 Å². The topological polar surface area (TPSA) is 34.1 Å². The summed E-state index contributed by atoms with van der Waals surface area (Å²) in [6, 6.07) is 11.4. The molecule has 1 aromatic rings. The van der Waals surface area contributed by atoms with Gasteiger partial charge in [0, 0.05) is 64.8 Å². The molecule has 2 fully saturated rings. The Morgan fingerprint density at radius 1 is 1.16 bits per heavy atom. The van der Waals surface area contributed by atoms with Crippen molar-refractivity contribution in [2.24, 2.45) is 4.99 Å². The number of rotatable bonds is 4. The number of nitrogens with one attached hydrogen (secondary N) is 1. The average Bonchev–Trinajstić information content (AvgIpc) is 3.13. The first-order valence-corrected chi connectivity index (χ1v) is 9.60. The predicted molar refractivity (Wildman–Crippen MR) is 105 cm³/mol. The standard InChI is InChI=1S/C20H33N5/c1-17(24-13-11-23(3)12-14-24)15-22-20(21-2)25-10-9-19(16-25)18-7-5-4-6-8-18/h4-8,17,19H,9-16H2,1-3H3,(H,21,22). The van der Waals surface area contributed by atoms with Crippen molar-refractivity contribution in [3.05, 3.63) is 35.9 Å². The zero-order chi connectivity index (χ0) is 17.6. The van der Waals surface area contributed by atoms with E-state index >= 15 is 0 Å². The predicted octanol–water partition coefficient (Wildman–Crippen LogP) is 1.69. The highest BCUT2D eigenvalue weighted by Gasteiger charge is 2.26. The molecule has 2 heterocycles. The van der Waals surface area contributed by atoms with E-state index in [4.69, 9.17) is 0 Å². The Labute approximate surface area is 152 Å². The molecule has 5 nitrogen and oxygen atoms in total. The highest BCUT2D eigenvalue weighted by Crippen LogP contribution is 2.26. The summed E-state index contributed by atoms with van der Waals surface area (Å²) in [6.07, 6.45) is 1.21. The van der Waals surface area contributed by atoms with E-state index in [1.807, 2.05) is 7.05 Å². The number of benzene rings is 1. The molecule has 25 heavy (non-hydrogen) atoms. The molecular weight excluding hydrogens is 310 g/mol. The summed E-state index contributed by atoms with van der Waals surface area (Å²) in [5.74, 6) is 1.68. The van der Waals surface area contributed by atoms with Crippen LogP contribution in [-0.4, -0.2) is 86.6 Å². The molecule has 2 aliphatic rings. The number of piperazine rings is 1. The molecule has 0 aromatic heterocycles. The summed E-state index contributed by atoms with van der Waals surface area (Å²) in [6.45, 7) is 10.1. The molecule has 0 saturated carbocycles. The van der Waals surface area contributed by atoms with E-state index < -0.39 is 0 Å². The molecule has 5 heteroatoms. The van der Waals surface area contributed by atoms with Crippen molar-refractivity contribution in [2.45, 2.75) is 25.3 Å². The van der Waals surface area contributed by atoms with Gasteiger partial charge in [0.15, 0.2) is 5.96 Å². The number of guanidine groups is 1. The molecule has 2 atom stereocenters. The van der Waals surface area contributed by atoms with Crippen LogP contribution in [0.2, 0.25) is 0 Å². The van der Waals surface area contributed by atoms with Crippen LogP contribution in [0, 0.1) is 0 Å². The Bertz CT molecular complexity index is 550. The SMILES string of the molecule is CN=C(NCC(C)N1CCN(C)CC1)N1CCC(c2ccccc2)C1. The second kappa shape index (κ2) is 8.68. The monoisotopic (exact) mass is 343 g/mol. The van der Waals surface area contributed by atoms with Gasteiger partial charge < -0.3 is 15.1 Å². The molecule has 2 saturated heterocycles. The molecule has 138 valence electrons. The number of likely N-dealkylation sites (tertiary alicyclic amines) is 1. The average molecular weight is 344 g/mol. The molecule has 2 unspecified atom stereocenters. The lowest BCUT2D eigenvalue weighted by atomic mass is 9.99. The minimum atomic E-state index is 0.540. The Hall–Kier alpha value is -1.59. The van der Waals surface area contributed by atoms with E-state index in [1.165, 1.54) is 25.1 Å². The van der Waals surface area contributed by atoms with Gasteiger partial charge in [0.05, 0.1) is 0 Å². The number of aliphatic imine (C=N–C) groups is 1. The van der Waals surface area contributed by atoms with Gasteiger partial charge in [-0.15, -0.1) is 0 Å². The summed E-state index contributed by atoms with van der Waals surface area (Å²) in [7, 11) is 4.11. The first-order chi connectivity index (χ1) is 12.2. The van der Waals surface area contributed by atoms with Crippen LogP contribution in [0.5, 0.6) is 0 Å². The van der Waals surface area contributed by atoms with Gasteiger partial charge in [-0.05, 0) is 26.0 Å². The molecule has 0 bridgehead atoms. The Balaban J connectivity index is 1.48. The fraction of sp³-hybridized carbons (Fsp3) is 0.650. The van der Waals surface area contributed by atoms with Crippen molar-refractivity contribution in [1.29, 1.82) is 0 Å². The summed E-state index contributed by atoms with van der Waals surface area (Å²) < 4.78 is 0. The Kier molecular flexibility index (Phi) is 6.32. The molecular formula is C20H33N5. The highest BCUT2D eigenvalue weighted by molar-refractivity contribution is 5.80. The van der Waals surface area contributed by atoms with Gasteiger partial charge in [-0.1, -0.05) is 30.3 Å². The van der Waals surface area contributed by atoms with Crippen LogP contribution >= 0.6 is 0 Å². The maximum Gasteiger partial charge on any atom is 0.193 e. The maximum atomic E-state index is 4.53. The van der Waals surface area contributed by atoms with Gasteiger partial charge in [0.2, 0.25) is 0 Å². The van der Waals surface area contributed by atoms with Gasteiger partial charge in [-0.3, -0.25) is 9.89 Å². The smallest absolute Gasteiger partial charge is 0.193 e. The van der Waals surface area contributed by atoms with Crippen LogP contribution in [0.1, 0.15) is 24.8 Å². The zero-order valence-corrected chi connectivity index (χ0v) is 16.0. The van der Waals surface area contributed by atoms with Crippen molar-refractivity contribution in [3.63, 3.8) is 0 Å². The molecule has 0 amide bonds. The van der Waals surface area contributed by atoms with Crippen LogP contribution in [0.25, 0.3) is 0 Å². The lowest BCUT2D eigenvalue weighted by Gasteiger charge is -2.37. The normalized spacial score (nSPS) is 24.5. The first kappa shape index (κ1) is 18.2. The molecule has 0 spiro atoms. The van der Waals surface area contributed by atoms with Crippen molar-refractivity contribution in [1.82, 2.24) is 20.0 Å². The van der Waals surface area contributed by atoms with Gasteiger partial charge in [-0.2, -0.15) is 0 Å². The second-order valence-corrected chi connectivity index (χ2v) is 7.46. The summed E-state index contributed by atoms with van der Waals surface area (Å²) in [5.41, 5.74) is 1.45. The molecule has 0 aliphatic carbocycles. The largest absolute Gasteiger partial charge is 0.355 e. The summed E-state index contributed by atoms with van der Waals surface area (Å²) in [4.78, 5) is 11.9. The molecule has 3 rings (SSSR count). The molecule has 2 aliphatic heterocycles. The molecule has 1 N–H and O–H groups in total. The van der Waals surface area contributed by atoms with Crippen LogP contribution in [0.3, 0.4) is 0 Å². The zero-order valence-electron chi connectivity index (χ0n) is 16.0. The van der Waals surface area contributed by atoms with Crippen LogP contribution in [-0.2, 0) is 0 Å². The molecule has 0 radical (unpaired) electrons. The third kappa shape index (κ3) is 4.73. The second-order valence-electron chi connectivity index (χ2n) is 7.46. The van der Waals surface area contributed by atoms with E-state index in [0.29, 0.717) is 12.0 Å². The van der Waals surface area contributed by atoms with Crippen molar-refractivity contribution >= 4 is 5.96 Å². The van der Waals surface area contributed by atoms with E-state index in [1.54, 1.807) is 0 Å². The van der Waals surface area contributed by atoms with Gasteiger partial charge >= 0.3 is 0 Å². The first-order valence-electron chi connectivity index (χ1n) is 9.60. The number of hydrogen-bond acceptors (Lipinski definition) is 3. The third-order valence-electron chi connectivity index (χ3n) is 5.69. The Morgan fingerprint density at radius 3 is 2.56 bits per heavy atom. The van der Waals surface area contributed by atoms with Crippen molar-refractivity contribution in [3.8, 4) is 0 Å². The van der Waals surface area contributed by atoms with E-state index in [0.717, 1.165) is 38.7 Å². The van der Waals surface area contributed by atoms with Gasteiger partial charge in [-0.25, -0.2) is 0 Å². The van der Waals surface area contributed by atoms with Gasteiger partial charge in [0.25, 0.3) is 0 Å². The lowest BCUT2D eigenvalue weighted by Crippen LogP contribution is -2.52. The van der Waals surface area contributed by atoms with Crippen LogP contribution in [0.15, 0.2) is 35.3 Å². The number of nitrogens with zero attached hydrogens (tertiary/aromatic N) is 4. The fourth-order valence-corrected chi connectivity index (χ4v) is 3.91. The van der Waals surface area contributed by atoms with Crippen LogP contribution < -0.4 is 5.32 Å². The number of likely N-dealkylation sites (N-methyl/N-ethyl adjacent to an activating group) is 1. The molecule has 1 aromatic carbocycles. The number of hydrogen-bond donors (Lipinski definition) is 1. The fourth-order valence-electron chi connectivity index (χ4n) is 3.91. The lowest BCUT2D eigenvalue weighted by molar-refractivity contribution is 0.119. The van der Waals surface area contributed by atoms with Crippen molar-refractivity contribution in [2.75, 3.05) is 59.9 Å². The van der Waals surface area contributed by atoms with Gasteiger partial charge in [0.1, 0.15) is 0 Å². The quantitative estimate of drug-likeness (QED) is 0.666. The maximum absolute atomic E-state index is 4.53. The minimum Gasteiger partial charge on any atom is -0.355 e. The van der Waals surface area contributed by atoms with E-state index in [2.05, 4.69) is 69.3 Å². The van der Waals surface area contributed by atoms with Crippen molar-refractivity contribution < 1.29 is 0 Å². The minimum absolute atomic E-state index is 0.540. The van der Waals surface area contributed by atoms with Crippen LogP contribution in [0.4, 0.5) is 0 Å². The Morgan fingerprint density at radius 2 is 1.88 bits per heavy atom. The van der Waals surface area contributed by atoms with E-state index in [-0.39, 0.29) is 0 Å². The summed E-state index contributed by atoms with van der Waals surface area (Å²) in [5, 5.41) is 3.61. The highest BCUT2D eigenvalue weighted by atomic mass is 15.3. The third-order valence-corrected chi connectivity index (χ3v) is 5.69. The summed E-state index contributed by atoms with van der Waals surface area (Å²) >= 11 is 0.